The van der Waals surface area contributed by atoms with E-state index in [0.29, 0.717) is 60.7 Å². The summed E-state index contributed by atoms with van der Waals surface area (Å²) in [6, 6.07) is 9.34. The van der Waals surface area contributed by atoms with Crippen LogP contribution in [0.3, 0.4) is 0 Å². The van der Waals surface area contributed by atoms with Crippen LogP contribution in [0.5, 0.6) is 17.2 Å². The minimum absolute atomic E-state index is 0.120. The zero-order valence-corrected chi connectivity index (χ0v) is 19.4. The lowest BCUT2D eigenvalue weighted by molar-refractivity contribution is -0.235. The number of fused-ring (bicyclic) bond motifs is 5. The smallest absolute Gasteiger partial charge is 0.161 e. The fourth-order valence-corrected chi connectivity index (χ4v) is 4.77. The maximum atomic E-state index is 10.8. The second-order valence-corrected chi connectivity index (χ2v) is 9.24. The molecule has 1 fully saturated rings. The van der Waals surface area contributed by atoms with E-state index in [-0.39, 0.29) is 6.61 Å². The van der Waals surface area contributed by atoms with Gasteiger partial charge in [-0.2, -0.15) is 0 Å². The molecule has 3 N–H and O–H groups in total. The van der Waals surface area contributed by atoms with E-state index >= 15 is 0 Å². The summed E-state index contributed by atoms with van der Waals surface area (Å²) in [4.78, 5) is 0. The van der Waals surface area contributed by atoms with Gasteiger partial charge in [0.25, 0.3) is 0 Å². The van der Waals surface area contributed by atoms with Crippen LogP contribution < -0.4 is 14.2 Å². The third-order valence-corrected chi connectivity index (χ3v) is 6.77. The second-order valence-electron chi connectivity index (χ2n) is 8.83. The topological polar surface area (TPSA) is 107 Å². The number of hydrogen-bond donors (Lipinski definition) is 3. The van der Waals surface area contributed by atoms with E-state index in [0.717, 1.165) is 24.0 Å². The van der Waals surface area contributed by atoms with E-state index < -0.39 is 30.5 Å². The number of ether oxygens (including phenoxy) is 5. The first-order valence-corrected chi connectivity index (χ1v) is 12.0. The number of aliphatic hydroxyl groups excluding tert-OH is 3. The summed E-state index contributed by atoms with van der Waals surface area (Å²) in [5.74, 6) is 1.90. The van der Waals surface area contributed by atoms with Crippen LogP contribution in [0, 0.1) is 0 Å². The molecule has 184 valence electrons. The first-order chi connectivity index (χ1) is 16.5. The van der Waals surface area contributed by atoms with Crippen molar-refractivity contribution in [1.29, 1.82) is 0 Å². The number of benzene rings is 2. The summed E-state index contributed by atoms with van der Waals surface area (Å²) in [5, 5.41) is 32.3. The SMILES string of the molecule is OC1[C@@H](O)[C@H]2O[C@H](COCCCCOc3cc(Cl)c(Cc4ccc5c(c4)OCCO5)cc32)[C@H]1O. The predicted molar refractivity (Wildman–Crippen MR) is 123 cm³/mol. The minimum Gasteiger partial charge on any atom is -0.493 e. The van der Waals surface area contributed by atoms with Gasteiger partial charge in [-0.25, -0.2) is 0 Å². The Balaban J connectivity index is 1.49. The highest BCUT2D eigenvalue weighted by atomic mass is 35.5. The lowest BCUT2D eigenvalue weighted by atomic mass is 9.89. The van der Waals surface area contributed by atoms with Crippen molar-refractivity contribution in [3.63, 3.8) is 0 Å². The third kappa shape index (κ3) is 4.84. The molecule has 2 aromatic carbocycles. The van der Waals surface area contributed by atoms with Crippen LogP contribution in [0.4, 0.5) is 0 Å². The molecule has 1 unspecified atom stereocenters. The van der Waals surface area contributed by atoms with E-state index in [1.807, 2.05) is 24.3 Å². The van der Waals surface area contributed by atoms with Crippen molar-refractivity contribution in [3.8, 4) is 17.2 Å². The quantitative estimate of drug-likeness (QED) is 0.587. The van der Waals surface area contributed by atoms with Crippen LogP contribution >= 0.6 is 11.6 Å². The lowest BCUT2D eigenvalue weighted by Gasteiger charge is -2.41. The predicted octanol–water partition coefficient (Wildman–Crippen LogP) is 2.41. The van der Waals surface area contributed by atoms with Crippen LogP contribution in [-0.4, -0.2) is 72.8 Å². The molecule has 0 amide bonds. The van der Waals surface area contributed by atoms with Crippen LogP contribution in [-0.2, 0) is 15.9 Å². The zero-order chi connectivity index (χ0) is 23.7. The Kier molecular flexibility index (Phi) is 7.15. The standard InChI is InChI=1S/C25H29ClO8/c26-17-12-19-16(11-15(17)9-14-3-4-18-20(10-14)33-8-7-32-18)25-24(29)23(28)22(27)21(34-25)13-30-5-1-2-6-31-19/h3-4,10-12,21-25,27-29H,1-2,5-9,13H2/t21-,22-,23?,24-,25+/m1/s1. The summed E-state index contributed by atoms with van der Waals surface area (Å²) >= 11 is 6.65. The molecule has 1 saturated heterocycles. The first-order valence-electron chi connectivity index (χ1n) is 11.6. The Bertz CT molecular complexity index is 1010. The summed E-state index contributed by atoms with van der Waals surface area (Å²) in [6.07, 6.45) is -3.64. The van der Waals surface area contributed by atoms with Gasteiger partial charge < -0.3 is 39.0 Å². The molecule has 9 heteroatoms. The van der Waals surface area contributed by atoms with E-state index in [1.165, 1.54) is 0 Å². The summed E-state index contributed by atoms with van der Waals surface area (Å²) in [5.41, 5.74) is 2.35. The molecule has 3 aliphatic heterocycles. The summed E-state index contributed by atoms with van der Waals surface area (Å²) in [6.45, 7) is 2.09. The van der Waals surface area contributed by atoms with Crippen molar-refractivity contribution in [1.82, 2.24) is 0 Å². The van der Waals surface area contributed by atoms with Crippen molar-refractivity contribution >= 4 is 11.6 Å². The molecule has 5 rings (SSSR count). The van der Waals surface area contributed by atoms with Gasteiger partial charge in [-0.3, -0.25) is 0 Å². The van der Waals surface area contributed by atoms with E-state index in [2.05, 4.69) is 0 Å². The Labute approximate surface area is 202 Å². The molecule has 0 aliphatic carbocycles. The van der Waals surface area contributed by atoms with Crippen molar-refractivity contribution < 1.29 is 39.0 Å². The number of hydrogen-bond acceptors (Lipinski definition) is 8. The first kappa shape index (κ1) is 23.7. The van der Waals surface area contributed by atoms with Gasteiger partial charge in [-0.15, -0.1) is 0 Å². The van der Waals surface area contributed by atoms with Gasteiger partial charge in [0.15, 0.2) is 11.5 Å². The number of aliphatic hydroxyl groups is 3. The van der Waals surface area contributed by atoms with Gasteiger partial charge in [0.05, 0.1) is 13.2 Å². The number of rotatable bonds is 2. The van der Waals surface area contributed by atoms with Gasteiger partial charge in [0.1, 0.15) is 49.5 Å². The second kappa shape index (κ2) is 10.3. The molecule has 2 bridgehead atoms. The van der Waals surface area contributed by atoms with Gasteiger partial charge in [0, 0.05) is 17.2 Å². The maximum Gasteiger partial charge on any atom is 0.161 e. The van der Waals surface area contributed by atoms with Gasteiger partial charge in [-0.1, -0.05) is 17.7 Å². The molecule has 2 aromatic rings. The molecule has 34 heavy (non-hydrogen) atoms. The van der Waals surface area contributed by atoms with Crippen LogP contribution in [0.15, 0.2) is 30.3 Å². The Morgan fingerprint density at radius 3 is 2.41 bits per heavy atom. The summed E-state index contributed by atoms with van der Waals surface area (Å²) < 4.78 is 29.0. The van der Waals surface area contributed by atoms with E-state index in [4.69, 9.17) is 35.3 Å². The highest BCUT2D eigenvalue weighted by Gasteiger charge is 2.45. The minimum atomic E-state index is -1.39. The Hall–Kier alpha value is -2.07. The average molecular weight is 493 g/mol. The van der Waals surface area contributed by atoms with Crippen molar-refractivity contribution in [2.45, 2.75) is 49.8 Å². The lowest BCUT2D eigenvalue weighted by Crippen LogP contribution is -2.55. The number of halogens is 1. The Morgan fingerprint density at radius 2 is 1.56 bits per heavy atom. The molecule has 0 spiro atoms. The van der Waals surface area contributed by atoms with Gasteiger partial charge in [-0.05, 0) is 54.7 Å². The molecule has 3 aliphatic rings. The molecule has 8 nitrogen and oxygen atoms in total. The van der Waals surface area contributed by atoms with Crippen LogP contribution in [0.1, 0.15) is 35.6 Å². The average Bonchev–Trinajstić information content (AvgIpc) is 2.84. The Morgan fingerprint density at radius 1 is 0.794 bits per heavy atom. The normalized spacial score (nSPS) is 29.2. The monoisotopic (exact) mass is 492 g/mol. The molecule has 0 aromatic heterocycles. The molecular weight excluding hydrogens is 464 g/mol. The van der Waals surface area contributed by atoms with Crippen LogP contribution in [0.2, 0.25) is 5.02 Å². The largest absolute Gasteiger partial charge is 0.493 e. The van der Waals surface area contributed by atoms with E-state index in [9.17, 15) is 15.3 Å². The van der Waals surface area contributed by atoms with Crippen molar-refractivity contribution in [2.75, 3.05) is 33.0 Å². The van der Waals surface area contributed by atoms with Gasteiger partial charge in [0.2, 0.25) is 0 Å². The van der Waals surface area contributed by atoms with Crippen molar-refractivity contribution in [2.24, 2.45) is 0 Å². The third-order valence-electron chi connectivity index (χ3n) is 6.42. The van der Waals surface area contributed by atoms with E-state index in [1.54, 1.807) is 6.07 Å². The highest BCUT2D eigenvalue weighted by Crippen LogP contribution is 2.41. The highest BCUT2D eigenvalue weighted by molar-refractivity contribution is 6.31. The fourth-order valence-electron chi connectivity index (χ4n) is 4.55. The van der Waals surface area contributed by atoms with Crippen molar-refractivity contribution in [3.05, 3.63) is 52.0 Å². The molecule has 5 atom stereocenters. The maximum absolute atomic E-state index is 10.8. The van der Waals surface area contributed by atoms with Crippen LogP contribution in [0.25, 0.3) is 0 Å². The molecule has 0 radical (unpaired) electrons. The summed E-state index contributed by atoms with van der Waals surface area (Å²) in [7, 11) is 0. The van der Waals surface area contributed by atoms with Gasteiger partial charge >= 0.3 is 0 Å². The zero-order valence-electron chi connectivity index (χ0n) is 18.7. The molecule has 0 saturated carbocycles. The molecular formula is C25H29ClO8. The fraction of sp³-hybridized carbons (Fsp3) is 0.520. The molecule has 3 heterocycles.